The molecule has 2 aromatic carbocycles. The SMILES string of the molecule is CC(C)CN(C[C@@H](OC1OC(C(=O)O)[C@@H](O)C(O)C1O)[C@H](Cc1ccccc1)NC(=O)O[C@H]1CO[C@H]2OCC[C@H]21)S(=O)(=O)c1ccc(N)cc1. The summed E-state index contributed by atoms with van der Waals surface area (Å²) in [4.78, 5) is 25.4. The third kappa shape index (κ3) is 8.90. The minimum absolute atomic E-state index is 0.00920. The van der Waals surface area contributed by atoms with Gasteiger partial charge in [-0.05, 0) is 48.6 Å². The fourth-order valence-corrected chi connectivity index (χ4v) is 7.90. The number of rotatable bonds is 14. The maximum atomic E-state index is 14.1. The molecule has 0 aliphatic carbocycles. The standard InChI is InChI=1S/C33H45N3O13S/c1-18(2)15-36(50(43,44)21-10-8-20(34)9-11-21)16-24(47-32-28(39)26(37)27(38)29(49-32)30(40)41)23(14-19-6-4-3-5-7-19)35-33(42)48-25-17-46-31-22(25)12-13-45-31/h3-11,18,22-29,31-32,37-39H,12-17,34H2,1-2H3,(H,35,42)(H,40,41)/t22-,23-,24+,25-,26?,27-,28?,29?,31+,32?/m0/s1. The third-order valence-electron chi connectivity index (χ3n) is 8.89. The number of fused-ring (bicyclic) bond motifs is 1. The van der Waals surface area contributed by atoms with Crippen LogP contribution in [0.4, 0.5) is 10.5 Å². The number of carboxylic acid groups (broad SMARTS) is 1. The van der Waals surface area contributed by atoms with Crippen LogP contribution in [0.5, 0.6) is 0 Å². The largest absolute Gasteiger partial charge is 0.479 e. The number of carbonyl (C=O) groups is 2. The molecule has 7 N–H and O–H groups in total. The minimum atomic E-state index is -4.23. The number of sulfonamides is 1. The third-order valence-corrected chi connectivity index (χ3v) is 10.7. The van der Waals surface area contributed by atoms with Gasteiger partial charge in [0.15, 0.2) is 18.7 Å². The molecule has 50 heavy (non-hydrogen) atoms. The number of benzene rings is 2. The number of anilines is 1. The summed E-state index contributed by atoms with van der Waals surface area (Å²) in [5, 5.41) is 44.2. The number of aliphatic hydroxyl groups excluding tert-OH is 3. The van der Waals surface area contributed by atoms with E-state index in [1.165, 1.54) is 24.3 Å². The van der Waals surface area contributed by atoms with Crippen LogP contribution in [0, 0.1) is 11.8 Å². The van der Waals surface area contributed by atoms with E-state index in [-0.39, 0.29) is 36.3 Å². The number of aliphatic hydroxyl groups is 3. The van der Waals surface area contributed by atoms with Crippen LogP contribution in [0.1, 0.15) is 25.8 Å². The highest BCUT2D eigenvalue weighted by Crippen LogP contribution is 2.33. The number of nitrogen functional groups attached to an aromatic ring is 1. The lowest BCUT2D eigenvalue weighted by atomic mass is 9.98. The van der Waals surface area contributed by atoms with Gasteiger partial charge in [-0.15, -0.1) is 0 Å². The number of amides is 1. The van der Waals surface area contributed by atoms with Gasteiger partial charge in [-0.2, -0.15) is 4.31 Å². The first kappa shape index (κ1) is 37.9. The molecular weight excluding hydrogens is 678 g/mol. The van der Waals surface area contributed by atoms with Crippen molar-refractivity contribution in [1.29, 1.82) is 0 Å². The van der Waals surface area contributed by atoms with Crippen molar-refractivity contribution in [1.82, 2.24) is 9.62 Å². The minimum Gasteiger partial charge on any atom is -0.479 e. The summed E-state index contributed by atoms with van der Waals surface area (Å²) in [7, 11) is -4.23. The molecule has 0 aromatic heterocycles. The van der Waals surface area contributed by atoms with Gasteiger partial charge in [-0.1, -0.05) is 44.2 Å². The molecule has 17 heteroatoms. The Labute approximate surface area is 290 Å². The second-order valence-corrected chi connectivity index (χ2v) is 15.0. The molecule has 3 fully saturated rings. The highest BCUT2D eigenvalue weighted by Gasteiger charge is 2.49. The smallest absolute Gasteiger partial charge is 0.407 e. The van der Waals surface area contributed by atoms with Crippen molar-refractivity contribution in [3.63, 3.8) is 0 Å². The predicted octanol–water partition coefficient (Wildman–Crippen LogP) is 0.292. The lowest BCUT2D eigenvalue weighted by molar-refractivity contribution is -0.306. The number of ether oxygens (including phenoxy) is 5. The Morgan fingerprint density at radius 3 is 2.36 bits per heavy atom. The van der Waals surface area contributed by atoms with Crippen LogP contribution in [0.15, 0.2) is 59.5 Å². The molecule has 276 valence electrons. The van der Waals surface area contributed by atoms with Gasteiger partial charge >= 0.3 is 12.1 Å². The maximum absolute atomic E-state index is 14.1. The second-order valence-electron chi connectivity index (χ2n) is 13.1. The zero-order valence-corrected chi connectivity index (χ0v) is 28.5. The van der Waals surface area contributed by atoms with Crippen LogP contribution >= 0.6 is 0 Å². The van der Waals surface area contributed by atoms with E-state index in [4.69, 9.17) is 29.4 Å². The average Bonchev–Trinajstić information content (AvgIpc) is 3.69. The van der Waals surface area contributed by atoms with Crippen LogP contribution < -0.4 is 11.1 Å². The second kappa shape index (κ2) is 16.3. The van der Waals surface area contributed by atoms with Crippen molar-refractivity contribution in [3.8, 4) is 0 Å². The van der Waals surface area contributed by atoms with E-state index in [1.54, 1.807) is 30.3 Å². The van der Waals surface area contributed by atoms with Gasteiger partial charge in [0.2, 0.25) is 10.0 Å². The zero-order valence-electron chi connectivity index (χ0n) is 27.7. The first-order chi connectivity index (χ1) is 23.7. The van der Waals surface area contributed by atoms with Gasteiger partial charge in [0.05, 0.1) is 36.2 Å². The molecular formula is C33H45N3O13S. The number of nitrogens with zero attached hydrogens (tertiary/aromatic N) is 1. The van der Waals surface area contributed by atoms with Crippen LogP contribution in [0.2, 0.25) is 0 Å². The van der Waals surface area contributed by atoms with Gasteiger partial charge in [-0.3, -0.25) is 0 Å². The molecule has 0 spiro atoms. The van der Waals surface area contributed by atoms with E-state index >= 15 is 0 Å². The fraction of sp³-hybridized carbons (Fsp3) is 0.576. The molecule has 0 bridgehead atoms. The molecule has 0 radical (unpaired) electrons. The number of aliphatic carboxylic acids is 1. The molecule has 4 unspecified atom stereocenters. The quantitative estimate of drug-likeness (QED) is 0.144. The number of nitrogens with one attached hydrogen (secondary N) is 1. The highest BCUT2D eigenvalue weighted by molar-refractivity contribution is 7.89. The number of hydrogen-bond acceptors (Lipinski definition) is 13. The first-order valence-electron chi connectivity index (χ1n) is 16.4. The summed E-state index contributed by atoms with van der Waals surface area (Å²) in [5.74, 6) is -1.99. The number of carbonyl (C=O) groups excluding carboxylic acids is 1. The summed E-state index contributed by atoms with van der Waals surface area (Å²) in [6, 6.07) is 13.4. The van der Waals surface area contributed by atoms with Crippen LogP contribution in [-0.4, -0.2) is 127 Å². The maximum Gasteiger partial charge on any atom is 0.407 e. The Bertz CT molecular complexity index is 1550. The molecule has 10 atom stereocenters. The molecule has 3 aliphatic rings. The fourth-order valence-electron chi connectivity index (χ4n) is 6.28. The van der Waals surface area contributed by atoms with Gasteiger partial charge in [0.25, 0.3) is 0 Å². The van der Waals surface area contributed by atoms with E-state index in [0.717, 1.165) is 4.31 Å². The average molecular weight is 724 g/mol. The van der Waals surface area contributed by atoms with Gasteiger partial charge in [0, 0.05) is 18.8 Å². The first-order valence-corrected chi connectivity index (χ1v) is 17.9. The molecule has 5 rings (SSSR count). The van der Waals surface area contributed by atoms with Crippen molar-refractivity contribution >= 4 is 27.8 Å². The van der Waals surface area contributed by atoms with E-state index in [0.29, 0.717) is 24.3 Å². The summed E-state index contributed by atoms with van der Waals surface area (Å²) in [6.07, 6.45) is -12.4. The van der Waals surface area contributed by atoms with E-state index in [9.17, 15) is 38.4 Å². The highest BCUT2D eigenvalue weighted by atomic mass is 32.2. The van der Waals surface area contributed by atoms with E-state index in [2.05, 4.69) is 5.32 Å². The molecule has 1 amide bonds. The van der Waals surface area contributed by atoms with Crippen molar-refractivity contribution in [3.05, 3.63) is 60.2 Å². The Morgan fingerprint density at radius 1 is 1.00 bits per heavy atom. The van der Waals surface area contributed by atoms with Crippen LogP contribution in [0.3, 0.4) is 0 Å². The number of alkyl carbamates (subject to hydrolysis) is 1. The molecule has 16 nitrogen and oxygen atoms in total. The Morgan fingerprint density at radius 2 is 1.70 bits per heavy atom. The lowest BCUT2D eigenvalue weighted by Crippen LogP contribution is -2.62. The zero-order chi connectivity index (χ0) is 36.2. The van der Waals surface area contributed by atoms with Crippen molar-refractivity contribution < 1.29 is 62.1 Å². The summed E-state index contributed by atoms with van der Waals surface area (Å²) in [6.45, 7) is 3.75. The van der Waals surface area contributed by atoms with Crippen molar-refractivity contribution in [2.45, 2.75) is 86.8 Å². The molecule has 0 saturated carbocycles. The van der Waals surface area contributed by atoms with Gasteiger partial charge in [-0.25, -0.2) is 18.0 Å². The summed E-state index contributed by atoms with van der Waals surface area (Å²) < 4.78 is 57.9. The normalized spacial score (nSPS) is 29.4. The van der Waals surface area contributed by atoms with E-state index < -0.39 is 83.9 Å². The number of hydrogen-bond donors (Lipinski definition) is 6. The Balaban J connectivity index is 1.51. The molecule has 3 heterocycles. The monoisotopic (exact) mass is 723 g/mol. The number of carboxylic acids is 1. The van der Waals surface area contributed by atoms with Gasteiger partial charge < -0.3 is 55.2 Å². The molecule has 3 aliphatic heterocycles. The van der Waals surface area contributed by atoms with Crippen molar-refractivity contribution in [2.24, 2.45) is 11.8 Å². The van der Waals surface area contributed by atoms with Crippen LogP contribution in [-0.2, 0) is 44.9 Å². The number of nitrogens with two attached hydrogens (primary N) is 1. The van der Waals surface area contributed by atoms with Crippen molar-refractivity contribution in [2.75, 3.05) is 32.0 Å². The molecule has 2 aromatic rings. The Hall–Kier alpha value is -3.39. The predicted molar refractivity (Wildman–Crippen MR) is 175 cm³/mol. The van der Waals surface area contributed by atoms with Gasteiger partial charge in [0.1, 0.15) is 24.4 Å². The van der Waals surface area contributed by atoms with E-state index in [1.807, 2.05) is 13.8 Å². The topological polar surface area (TPSA) is 237 Å². The van der Waals surface area contributed by atoms with Crippen LogP contribution in [0.25, 0.3) is 0 Å². The Kier molecular flexibility index (Phi) is 12.3. The molecule has 3 saturated heterocycles. The summed E-state index contributed by atoms with van der Waals surface area (Å²) in [5.41, 5.74) is 6.87. The lowest BCUT2D eigenvalue weighted by Gasteiger charge is -2.42. The summed E-state index contributed by atoms with van der Waals surface area (Å²) >= 11 is 0.